The summed E-state index contributed by atoms with van der Waals surface area (Å²) in [6, 6.07) is 0.564. The first-order valence-electron chi connectivity index (χ1n) is 9.73. The highest BCUT2D eigenvalue weighted by Crippen LogP contribution is 2.37. The fourth-order valence-electron chi connectivity index (χ4n) is 4.72. The molecule has 4 rings (SSSR count). The number of hydrogen-bond acceptors (Lipinski definition) is 4. The first kappa shape index (κ1) is 17.0. The van der Waals surface area contributed by atoms with Crippen molar-refractivity contribution < 1.29 is 9.53 Å². The number of H-pyrrole nitrogens is 1. The van der Waals surface area contributed by atoms with Crippen molar-refractivity contribution in [3.63, 3.8) is 0 Å². The molecule has 1 aromatic rings. The average Bonchev–Trinajstić information content (AvgIpc) is 3.17. The molecular weight excluding hydrogens is 316 g/mol. The van der Waals surface area contributed by atoms with Crippen LogP contribution >= 0.6 is 0 Å². The Morgan fingerprint density at radius 2 is 2.04 bits per heavy atom. The molecule has 4 heterocycles. The molecule has 0 bridgehead atoms. The van der Waals surface area contributed by atoms with Crippen molar-refractivity contribution in [2.75, 3.05) is 32.8 Å². The van der Waals surface area contributed by atoms with Gasteiger partial charge in [-0.15, -0.1) is 0 Å². The van der Waals surface area contributed by atoms with Gasteiger partial charge in [-0.25, -0.2) is 0 Å². The summed E-state index contributed by atoms with van der Waals surface area (Å²) in [6.07, 6.45) is 6.44. The number of carbonyl (C=O) groups excluding carboxylic acids is 1. The molecule has 1 atom stereocenters. The number of nitrogens with zero attached hydrogens (tertiary/aromatic N) is 3. The molecule has 3 aliphatic heterocycles. The van der Waals surface area contributed by atoms with Gasteiger partial charge in [0.1, 0.15) is 5.60 Å². The Bertz CT molecular complexity index is 610. The minimum Gasteiger partial charge on any atom is -0.370 e. The van der Waals surface area contributed by atoms with Gasteiger partial charge >= 0.3 is 0 Å². The molecule has 6 heteroatoms. The lowest BCUT2D eigenvalue weighted by atomic mass is 9.88. The second-order valence-corrected chi connectivity index (χ2v) is 8.11. The molecule has 3 fully saturated rings. The largest absolute Gasteiger partial charge is 0.370 e. The van der Waals surface area contributed by atoms with E-state index in [9.17, 15) is 4.79 Å². The normalized spacial score (nSPS) is 26.2. The molecule has 25 heavy (non-hydrogen) atoms. The van der Waals surface area contributed by atoms with Gasteiger partial charge in [0.15, 0.2) is 0 Å². The number of piperidine rings is 1. The summed E-state index contributed by atoms with van der Waals surface area (Å²) in [7, 11) is 0. The number of amides is 1. The molecule has 0 aliphatic carbocycles. The van der Waals surface area contributed by atoms with E-state index in [2.05, 4.69) is 15.1 Å². The number of rotatable bonds is 4. The third-order valence-corrected chi connectivity index (χ3v) is 6.28. The summed E-state index contributed by atoms with van der Waals surface area (Å²) in [5.74, 6) is 0.246. The van der Waals surface area contributed by atoms with Crippen molar-refractivity contribution in [3.8, 4) is 0 Å². The van der Waals surface area contributed by atoms with Crippen LogP contribution in [0.3, 0.4) is 0 Å². The van der Waals surface area contributed by atoms with Crippen LogP contribution in [0.4, 0.5) is 0 Å². The zero-order valence-corrected chi connectivity index (χ0v) is 15.5. The van der Waals surface area contributed by atoms with Crippen LogP contribution in [0.15, 0.2) is 0 Å². The summed E-state index contributed by atoms with van der Waals surface area (Å²) in [5.41, 5.74) is 3.22. The second kappa shape index (κ2) is 6.72. The molecule has 3 saturated heterocycles. The van der Waals surface area contributed by atoms with Gasteiger partial charge in [0.25, 0.3) is 0 Å². The van der Waals surface area contributed by atoms with Crippen LogP contribution in [0, 0.1) is 13.8 Å². The van der Waals surface area contributed by atoms with Gasteiger partial charge in [-0.1, -0.05) is 6.42 Å². The molecule has 1 spiro atoms. The van der Waals surface area contributed by atoms with Crippen LogP contribution < -0.4 is 0 Å². The number of aromatic nitrogens is 2. The van der Waals surface area contributed by atoms with E-state index in [0.717, 1.165) is 43.9 Å². The smallest absolute Gasteiger partial charge is 0.223 e. The summed E-state index contributed by atoms with van der Waals surface area (Å²) >= 11 is 0. The summed E-state index contributed by atoms with van der Waals surface area (Å²) in [5, 5.41) is 7.20. The van der Waals surface area contributed by atoms with E-state index in [1.807, 2.05) is 18.7 Å². The number of hydrogen-bond donors (Lipinski definition) is 1. The predicted molar refractivity (Wildman–Crippen MR) is 95.5 cm³/mol. The summed E-state index contributed by atoms with van der Waals surface area (Å²) < 4.78 is 6.16. The highest BCUT2D eigenvalue weighted by molar-refractivity contribution is 5.77. The Kier molecular flexibility index (Phi) is 4.58. The van der Waals surface area contributed by atoms with Gasteiger partial charge in [0.2, 0.25) is 5.91 Å². The topological polar surface area (TPSA) is 61.5 Å². The molecule has 1 amide bonds. The number of aromatic amines is 1. The predicted octanol–water partition coefficient (Wildman–Crippen LogP) is 1.81. The lowest BCUT2D eigenvalue weighted by Crippen LogP contribution is -2.63. The van der Waals surface area contributed by atoms with E-state index in [4.69, 9.17) is 4.74 Å². The van der Waals surface area contributed by atoms with E-state index in [0.29, 0.717) is 12.5 Å². The molecule has 0 saturated carbocycles. The van der Waals surface area contributed by atoms with Crippen LogP contribution in [0.2, 0.25) is 0 Å². The summed E-state index contributed by atoms with van der Waals surface area (Å²) in [4.78, 5) is 17.1. The molecule has 3 aliphatic rings. The van der Waals surface area contributed by atoms with Gasteiger partial charge in [0, 0.05) is 18.2 Å². The van der Waals surface area contributed by atoms with Gasteiger partial charge in [0.05, 0.1) is 25.4 Å². The minimum atomic E-state index is -0.0563. The maximum atomic E-state index is 12.5. The maximum absolute atomic E-state index is 12.5. The van der Waals surface area contributed by atoms with Crippen LogP contribution in [0.5, 0.6) is 0 Å². The van der Waals surface area contributed by atoms with Crippen LogP contribution in [-0.4, -0.2) is 70.3 Å². The molecular formula is C19H30N4O2. The molecule has 138 valence electrons. The molecule has 6 nitrogen and oxygen atoms in total. The van der Waals surface area contributed by atoms with Crippen LogP contribution in [0.25, 0.3) is 0 Å². The van der Waals surface area contributed by atoms with Gasteiger partial charge < -0.3 is 9.64 Å². The quantitative estimate of drug-likeness (QED) is 0.903. The van der Waals surface area contributed by atoms with Crippen LogP contribution in [0.1, 0.15) is 49.1 Å². The molecule has 1 N–H and O–H groups in total. The number of nitrogens with one attached hydrogen (secondary N) is 1. The van der Waals surface area contributed by atoms with Crippen molar-refractivity contribution in [2.24, 2.45) is 0 Å². The molecule has 0 radical (unpaired) electrons. The van der Waals surface area contributed by atoms with Crippen LogP contribution in [-0.2, 0) is 16.0 Å². The Morgan fingerprint density at radius 3 is 2.72 bits per heavy atom. The van der Waals surface area contributed by atoms with Crippen molar-refractivity contribution in [3.05, 3.63) is 17.0 Å². The Labute approximate surface area is 149 Å². The zero-order valence-electron chi connectivity index (χ0n) is 15.5. The minimum absolute atomic E-state index is 0.0563. The fraction of sp³-hybridized carbons (Fsp3) is 0.789. The van der Waals surface area contributed by atoms with Crippen molar-refractivity contribution in [1.29, 1.82) is 0 Å². The highest BCUT2D eigenvalue weighted by atomic mass is 16.5. The van der Waals surface area contributed by atoms with Crippen molar-refractivity contribution >= 4 is 5.91 Å². The molecule has 1 unspecified atom stereocenters. The average molecular weight is 346 g/mol. The molecule has 1 aromatic heterocycles. The van der Waals surface area contributed by atoms with Gasteiger partial charge in [-0.05, 0) is 58.2 Å². The monoisotopic (exact) mass is 346 g/mol. The zero-order chi connectivity index (χ0) is 17.4. The number of ether oxygens (including phenoxy) is 1. The third-order valence-electron chi connectivity index (χ3n) is 6.28. The van der Waals surface area contributed by atoms with E-state index < -0.39 is 0 Å². The van der Waals surface area contributed by atoms with E-state index in [1.165, 1.54) is 37.9 Å². The molecule has 0 aromatic carbocycles. The van der Waals surface area contributed by atoms with E-state index in [1.54, 1.807) is 0 Å². The Hall–Kier alpha value is -1.40. The van der Waals surface area contributed by atoms with Crippen molar-refractivity contribution in [1.82, 2.24) is 20.0 Å². The van der Waals surface area contributed by atoms with Crippen molar-refractivity contribution in [2.45, 2.75) is 64.0 Å². The highest BCUT2D eigenvalue weighted by Gasteiger charge is 2.52. The number of carbonyl (C=O) groups is 1. The Morgan fingerprint density at radius 1 is 1.28 bits per heavy atom. The maximum Gasteiger partial charge on any atom is 0.223 e. The SMILES string of the molecule is Cc1n[nH]c(C)c1CCC(=O)N1CC2(CC(N3CCCCC3)CO2)C1. The van der Waals surface area contributed by atoms with E-state index in [-0.39, 0.29) is 11.5 Å². The van der Waals surface area contributed by atoms with Gasteiger partial charge in [-0.3, -0.25) is 14.8 Å². The van der Waals surface area contributed by atoms with E-state index >= 15 is 0 Å². The lowest BCUT2D eigenvalue weighted by Gasteiger charge is -2.47. The fourth-order valence-corrected chi connectivity index (χ4v) is 4.72. The standard InChI is InChI=1S/C19H30N4O2/c1-14-17(15(2)21-20-14)6-7-18(24)23-12-19(13-23)10-16(11-25-19)22-8-4-3-5-9-22/h16H,3-13H2,1-2H3,(H,20,21). The first-order chi connectivity index (χ1) is 12.1. The second-order valence-electron chi connectivity index (χ2n) is 8.11. The third kappa shape index (κ3) is 3.34. The number of likely N-dealkylation sites (tertiary alicyclic amines) is 2. The number of aryl methyl sites for hydroxylation is 2. The summed E-state index contributed by atoms with van der Waals surface area (Å²) in [6.45, 7) is 8.85. The Balaban J connectivity index is 1.25. The van der Waals surface area contributed by atoms with Gasteiger partial charge in [-0.2, -0.15) is 5.10 Å². The lowest BCUT2D eigenvalue weighted by molar-refractivity contribution is -0.157. The first-order valence-corrected chi connectivity index (χ1v) is 9.73.